The third-order valence-corrected chi connectivity index (χ3v) is 7.59. The van der Waals surface area contributed by atoms with Crippen molar-refractivity contribution in [3.63, 3.8) is 0 Å². The molecule has 2 aliphatic carbocycles. The van der Waals surface area contributed by atoms with E-state index < -0.39 is 0 Å². The van der Waals surface area contributed by atoms with E-state index >= 15 is 0 Å². The maximum absolute atomic E-state index is 3.11. The zero-order chi connectivity index (χ0) is 19.5. The van der Waals surface area contributed by atoms with Crippen LogP contribution in [0.2, 0.25) is 0 Å². The molecule has 2 heteroatoms. The van der Waals surface area contributed by atoms with Crippen molar-refractivity contribution >= 4 is 20.2 Å². The molecule has 1 nitrogen and oxygen atoms in total. The fourth-order valence-corrected chi connectivity index (χ4v) is 6.29. The molecule has 28 heavy (non-hydrogen) atoms. The van der Waals surface area contributed by atoms with E-state index in [4.69, 9.17) is 0 Å². The summed E-state index contributed by atoms with van der Waals surface area (Å²) in [7, 11) is 7.60. The van der Waals surface area contributed by atoms with Crippen LogP contribution in [0.15, 0.2) is 36.4 Å². The van der Waals surface area contributed by atoms with Crippen LogP contribution in [0.3, 0.4) is 0 Å². The summed E-state index contributed by atoms with van der Waals surface area (Å²) in [4.78, 5) is 2.39. The second-order valence-electron chi connectivity index (χ2n) is 9.12. The summed E-state index contributed by atoms with van der Waals surface area (Å²) in [6, 6.07) is 13.6. The number of nitrogens with zero attached hydrogens (tertiary/aromatic N) is 1. The minimum absolute atomic E-state index is 0.743. The van der Waals surface area contributed by atoms with Crippen molar-refractivity contribution in [3.05, 3.63) is 47.5 Å². The van der Waals surface area contributed by atoms with Gasteiger partial charge in [0.25, 0.3) is 0 Å². The quantitative estimate of drug-likeness (QED) is 0.505. The van der Waals surface area contributed by atoms with Crippen molar-refractivity contribution < 1.29 is 0 Å². The third kappa shape index (κ3) is 4.02. The minimum Gasteiger partial charge on any atom is -0.377 e. The van der Waals surface area contributed by atoms with E-state index in [0.717, 1.165) is 11.8 Å². The van der Waals surface area contributed by atoms with Gasteiger partial charge in [0.1, 0.15) is 0 Å². The normalized spacial score (nSPS) is 19.0. The molecule has 1 atom stereocenters. The standard InChI is InChI=1S/C26H36NP/c1-27(2)25-24(21-16-10-5-11-17-21)22(19-12-6-3-7-13-19)18-23(26(25)28)20-14-8-4-9-15-20/h4,8-9,14-15,18-19,21H,3,5-7,10-13,16-17,28H2,1-2H3. The number of anilines is 1. The van der Waals surface area contributed by atoms with Gasteiger partial charge < -0.3 is 4.90 Å². The van der Waals surface area contributed by atoms with Gasteiger partial charge in [0.15, 0.2) is 0 Å². The third-order valence-electron chi connectivity index (χ3n) is 7.00. The summed E-state index contributed by atoms with van der Waals surface area (Å²) in [6.45, 7) is 0. The number of hydrogen-bond acceptors (Lipinski definition) is 1. The van der Waals surface area contributed by atoms with Crippen LogP contribution in [0.5, 0.6) is 0 Å². The first-order chi connectivity index (χ1) is 13.7. The van der Waals surface area contributed by atoms with E-state index in [-0.39, 0.29) is 0 Å². The Labute approximate surface area is 174 Å². The first kappa shape index (κ1) is 20.0. The van der Waals surface area contributed by atoms with Gasteiger partial charge in [-0.3, -0.25) is 0 Å². The molecule has 0 amide bonds. The molecule has 2 aromatic carbocycles. The van der Waals surface area contributed by atoms with Gasteiger partial charge in [-0.15, -0.1) is 9.24 Å². The van der Waals surface area contributed by atoms with Crippen molar-refractivity contribution in [1.29, 1.82) is 0 Å². The van der Waals surface area contributed by atoms with Crippen molar-refractivity contribution in [3.8, 4) is 11.1 Å². The van der Waals surface area contributed by atoms with Gasteiger partial charge in [0.2, 0.25) is 0 Å². The summed E-state index contributed by atoms with van der Waals surface area (Å²) < 4.78 is 0. The van der Waals surface area contributed by atoms with Gasteiger partial charge in [-0.05, 0) is 65.8 Å². The topological polar surface area (TPSA) is 3.24 Å². The van der Waals surface area contributed by atoms with Crippen molar-refractivity contribution in [1.82, 2.24) is 0 Å². The molecule has 0 heterocycles. The smallest absolute Gasteiger partial charge is 0.0478 e. The van der Waals surface area contributed by atoms with Gasteiger partial charge in [-0.1, -0.05) is 68.9 Å². The molecule has 2 fully saturated rings. The zero-order valence-electron chi connectivity index (χ0n) is 17.7. The van der Waals surface area contributed by atoms with E-state index in [2.05, 4.69) is 64.6 Å². The van der Waals surface area contributed by atoms with E-state index in [1.165, 1.54) is 86.3 Å². The van der Waals surface area contributed by atoms with E-state index in [0.29, 0.717) is 0 Å². The predicted octanol–water partition coefficient (Wildman–Crippen LogP) is 7.02. The zero-order valence-corrected chi connectivity index (χ0v) is 18.9. The lowest BCUT2D eigenvalue weighted by Crippen LogP contribution is -2.24. The van der Waals surface area contributed by atoms with Crippen molar-refractivity contribution in [2.75, 3.05) is 19.0 Å². The second kappa shape index (κ2) is 9.00. The van der Waals surface area contributed by atoms with Gasteiger partial charge in [0.05, 0.1) is 0 Å². The molecule has 0 aromatic heterocycles. The van der Waals surface area contributed by atoms with Crippen molar-refractivity contribution in [2.45, 2.75) is 76.0 Å². The van der Waals surface area contributed by atoms with Crippen LogP contribution in [0, 0.1) is 0 Å². The van der Waals surface area contributed by atoms with Crippen molar-refractivity contribution in [2.24, 2.45) is 0 Å². The summed E-state index contributed by atoms with van der Waals surface area (Å²) in [5, 5.41) is 1.39. The summed E-state index contributed by atoms with van der Waals surface area (Å²) in [6.07, 6.45) is 13.9. The first-order valence-electron chi connectivity index (χ1n) is 11.4. The Bertz CT molecular complexity index is 784. The van der Waals surface area contributed by atoms with E-state index in [9.17, 15) is 0 Å². The SMILES string of the molecule is CN(C)c1c(P)c(-c2ccccc2)cc(C2CCCCC2)c1C1CCCCC1. The average molecular weight is 394 g/mol. The average Bonchev–Trinajstić information content (AvgIpc) is 2.75. The van der Waals surface area contributed by atoms with Crippen LogP contribution in [0.25, 0.3) is 11.1 Å². The molecule has 0 saturated heterocycles. The summed E-state index contributed by atoms with van der Waals surface area (Å²) >= 11 is 0. The van der Waals surface area contributed by atoms with E-state index in [1.54, 1.807) is 11.1 Å². The van der Waals surface area contributed by atoms with Gasteiger partial charge >= 0.3 is 0 Å². The molecular formula is C26H36NP. The first-order valence-corrected chi connectivity index (χ1v) is 11.9. The largest absolute Gasteiger partial charge is 0.377 e. The summed E-state index contributed by atoms with van der Waals surface area (Å²) in [5.74, 6) is 1.49. The monoisotopic (exact) mass is 393 g/mol. The van der Waals surface area contributed by atoms with Crippen LogP contribution in [0.4, 0.5) is 5.69 Å². The molecule has 0 spiro atoms. The molecule has 150 valence electrons. The van der Waals surface area contributed by atoms with Gasteiger partial charge in [0, 0.05) is 25.1 Å². The molecule has 0 aliphatic heterocycles. The maximum Gasteiger partial charge on any atom is 0.0478 e. The van der Waals surface area contributed by atoms with Crippen LogP contribution in [-0.4, -0.2) is 14.1 Å². The van der Waals surface area contributed by atoms with Crippen LogP contribution in [-0.2, 0) is 0 Å². The lowest BCUT2D eigenvalue weighted by atomic mass is 9.74. The molecule has 1 unspecified atom stereocenters. The number of benzene rings is 2. The fraction of sp³-hybridized carbons (Fsp3) is 0.538. The molecule has 0 radical (unpaired) electrons. The Balaban J connectivity index is 1.92. The molecule has 0 bridgehead atoms. The summed E-state index contributed by atoms with van der Waals surface area (Å²) in [5.41, 5.74) is 7.62. The number of rotatable bonds is 4. The lowest BCUT2D eigenvalue weighted by molar-refractivity contribution is 0.419. The second-order valence-corrected chi connectivity index (χ2v) is 9.70. The minimum atomic E-state index is 0.743. The molecular weight excluding hydrogens is 357 g/mol. The molecule has 0 N–H and O–H groups in total. The Kier molecular flexibility index (Phi) is 6.42. The van der Waals surface area contributed by atoms with Crippen LogP contribution >= 0.6 is 9.24 Å². The molecule has 2 aromatic rings. The highest BCUT2D eigenvalue weighted by molar-refractivity contribution is 7.28. The predicted molar refractivity (Wildman–Crippen MR) is 127 cm³/mol. The Morgan fingerprint density at radius 3 is 1.93 bits per heavy atom. The Hall–Kier alpha value is -1.33. The highest BCUT2D eigenvalue weighted by Gasteiger charge is 2.29. The number of hydrogen-bond donors (Lipinski definition) is 0. The highest BCUT2D eigenvalue weighted by atomic mass is 31.0. The van der Waals surface area contributed by atoms with Gasteiger partial charge in [-0.25, -0.2) is 0 Å². The molecule has 2 saturated carbocycles. The highest BCUT2D eigenvalue weighted by Crippen LogP contribution is 2.46. The lowest BCUT2D eigenvalue weighted by Gasteiger charge is -2.35. The fourth-order valence-electron chi connectivity index (χ4n) is 5.63. The van der Waals surface area contributed by atoms with Crippen LogP contribution < -0.4 is 10.2 Å². The molecule has 2 aliphatic rings. The maximum atomic E-state index is 3.11. The molecule has 4 rings (SSSR count). The van der Waals surface area contributed by atoms with Crippen LogP contribution in [0.1, 0.15) is 87.2 Å². The van der Waals surface area contributed by atoms with E-state index in [1.807, 2.05) is 0 Å². The Morgan fingerprint density at radius 1 is 0.786 bits per heavy atom. The Morgan fingerprint density at radius 2 is 1.36 bits per heavy atom. The van der Waals surface area contributed by atoms with Gasteiger partial charge in [-0.2, -0.15) is 0 Å².